The standard InChI is InChI=1S/C92H148IN17O27S/c1-106-35-37-107(2)76(66-109(69-86(118)119)40-39-108(38-36-106)68-85(116)117)64-71-22-26-74(27-23-71)100-92(138)98-32-8-3-15-77(101-82(112)28-42-127-46-50-131-53-49-130-45-41-110-67-80(104-105-110)72-13-10-14-75(65-72)99-90(125)96-31-7-5-17-79(89(123)124)103-91(126)97-33-11-19-84(114)115)87(120)95-34-44-129-48-52-133-55-57-135-59-61-137-63-62-136-60-58-134-56-54-132-51-47-128-43-29-83(113)102-78(88(121)122)16-4-6-30-94-81(111)18-9-12-70-20-24-73(93)25-21-70/h10,13-14,20-27,65,67,76-79,104-105H,3-9,11-12,15-19,28-64,66,68-69H2,1-2H3,(H,94,111)(H,95,120)(H,101,112)(H,102,113)(H,114,115)(H,116,117)(H,118,119)(H,121,122)(H,123,124)(H2,96,99,125)(H2,97,103,126)(H2,98,100,138)/t76?,77-,78-,79-/m0/s1. The first kappa shape index (κ1) is 119. The third-order valence-electron chi connectivity index (χ3n) is 21.4. The molecule has 1 unspecified atom stereocenters. The third-order valence-corrected chi connectivity index (χ3v) is 22.4. The molecule has 0 bridgehead atoms. The van der Waals surface area contributed by atoms with Crippen molar-refractivity contribution in [2.75, 3.05) is 268 Å². The van der Waals surface area contributed by atoms with Crippen LogP contribution in [0.1, 0.15) is 113 Å². The summed E-state index contributed by atoms with van der Waals surface area (Å²) in [6.07, 6.45) is 8.38. The number of carboxylic acids is 5. The Labute approximate surface area is 827 Å². The van der Waals surface area contributed by atoms with Gasteiger partial charge in [-0.1, -0.05) is 36.4 Å². The lowest BCUT2D eigenvalue weighted by Gasteiger charge is -2.36. The normalized spacial score (nSPS) is 14.6. The average Bonchev–Trinajstić information content (AvgIpc) is 1.68. The summed E-state index contributed by atoms with van der Waals surface area (Å²) in [6, 6.07) is 19.1. The molecule has 0 spiro atoms. The van der Waals surface area contributed by atoms with Crippen LogP contribution in [-0.2, 0) is 108 Å². The molecule has 44 nitrogen and oxygen atoms in total. The van der Waals surface area contributed by atoms with Crippen molar-refractivity contribution in [3.8, 4) is 0 Å². The van der Waals surface area contributed by atoms with Crippen molar-refractivity contribution in [3.63, 3.8) is 0 Å². The number of likely N-dealkylation sites (N-methyl/N-ethyl adjacent to an activating group) is 2. The van der Waals surface area contributed by atoms with E-state index in [0.29, 0.717) is 220 Å². The molecule has 2 aliphatic rings. The molecule has 2 aliphatic heterocycles. The minimum Gasteiger partial charge on any atom is -0.481 e. The highest BCUT2D eigenvalue weighted by molar-refractivity contribution is 14.1. The van der Waals surface area contributed by atoms with Crippen molar-refractivity contribution in [1.82, 2.24) is 78.1 Å². The van der Waals surface area contributed by atoms with Crippen LogP contribution >= 0.6 is 34.8 Å². The van der Waals surface area contributed by atoms with Gasteiger partial charge in [-0.15, -0.1) is 5.53 Å². The number of unbranched alkanes of at least 4 members (excludes halogenated alkanes) is 3. The number of ether oxygens (including phenoxy) is 11. The Balaban J connectivity index is 0.906. The molecule has 2 heterocycles. The van der Waals surface area contributed by atoms with Crippen LogP contribution in [0.25, 0.3) is 5.70 Å². The van der Waals surface area contributed by atoms with Crippen LogP contribution in [0.5, 0.6) is 0 Å². The lowest BCUT2D eigenvalue weighted by Crippen LogP contribution is -2.50. The van der Waals surface area contributed by atoms with E-state index in [1.54, 1.807) is 23.2 Å². The molecule has 138 heavy (non-hydrogen) atoms. The van der Waals surface area contributed by atoms with E-state index in [-0.39, 0.29) is 141 Å². The molecular formula is C92H148IN17O27S. The molecule has 776 valence electrons. The number of aliphatic carboxylic acids is 5. The predicted molar refractivity (Wildman–Crippen MR) is 525 cm³/mol. The highest BCUT2D eigenvalue weighted by Crippen LogP contribution is 2.21. The fraction of sp³-hybridized carbons (Fsp3) is 0.652. The first-order valence-electron chi connectivity index (χ1n) is 47.3. The van der Waals surface area contributed by atoms with Gasteiger partial charge in [0.05, 0.1) is 171 Å². The molecule has 4 atom stereocenters. The molecular weight excluding hydrogens is 1930 g/mol. The van der Waals surface area contributed by atoms with E-state index in [9.17, 15) is 73.2 Å². The maximum atomic E-state index is 13.7. The predicted octanol–water partition coefficient (Wildman–Crippen LogP) is 2.98. The van der Waals surface area contributed by atoms with E-state index in [0.717, 1.165) is 52.0 Å². The minimum absolute atomic E-state index is 0.00409. The zero-order valence-electron chi connectivity index (χ0n) is 79.7. The second-order valence-electron chi connectivity index (χ2n) is 32.7. The summed E-state index contributed by atoms with van der Waals surface area (Å²) >= 11 is 7.92. The fourth-order valence-corrected chi connectivity index (χ4v) is 14.3. The van der Waals surface area contributed by atoms with E-state index in [2.05, 4.69) is 109 Å². The van der Waals surface area contributed by atoms with E-state index < -0.39 is 65.9 Å². The number of amides is 8. The van der Waals surface area contributed by atoms with Crippen molar-refractivity contribution in [1.29, 1.82) is 0 Å². The first-order chi connectivity index (χ1) is 66.8. The SMILES string of the molecule is CN1CCN(CC(=O)O)CCN(CC(=O)O)CC(Cc2ccc(NC(=S)NCCCC[C@H](NC(=O)CCOCCOCCOCCN3C=C(c4cccc(NC(=O)NCCCC[C@H](NC(=O)NCCCC(=O)O)C(=O)O)c4)NN3)C(=O)NCCOCCOCCOCCOCCOCCOCCOCCOCCC(=O)N[C@@H](CCCCNC(=O)CCCc3ccc(I)cc3)C(=O)O)cc2)N(C)CC1. The number of urea groups is 2. The number of hydrogen-bond acceptors (Lipinski definition) is 30. The smallest absolute Gasteiger partial charge is 0.326 e. The molecule has 8 amide bonds. The zero-order chi connectivity index (χ0) is 99.8. The summed E-state index contributed by atoms with van der Waals surface area (Å²) < 4.78 is 63.0. The van der Waals surface area contributed by atoms with Crippen LogP contribution in [0, 0.1) is 3.57 Å². The Morgan fingerprint density at radius 2 is 0.899 bits per heavy atom. The number of carbonyl (C=O) groups is 11. The van der Waals surface area contributed by atoms with Crippen molar-refractivity contribution < 1.29 is 130 Å². The fourth-order valence-electron chi connectivity index (χ4n) is 13.8. The Bertz CT molecular complexity index is 4010. The Morgan fingerprint density at radius 3 is 1.46 bits per heavy atom. The van der Waals surface area contributed by atoms with Crippen molar-refractivity contribution in [2.45, 2.75) is 133 Å². The van der Waals surface area contributed by atoms with E-state index in [1.807, 2.05) is 72.6 Å². The van der Waals surface area contributed by atoms with E-state index in [4.69, 9.17) is 69.4 Å². The van der Waals surface area contributed by atoms with Gasteiger partial charge in [-0.25, -0.2) is 19.2 Å². The average molecular weight is 2080 g/mol. The molecule has 3 aromatic rings. The Kier molecular flexibility index (Phi) is 65.1. The van der Waals surface area contributed by atoms with Gasteiger partial charge >= 0.3 is 41.9 Å². The first-order valence-corrected chi connectivity index (χ1v) is 48.8. The quantitative estimate of drug-likeness (QED) is 0.0219. The number of aryl methyl sites for hydroxylation is 1. The molecule has 3 aromatic carbocycles. The molecule has 1 saturated heterocycles. The lowest BCUT2D eigenvalue weighted by atomic mass is 10.0. The van der Waals surface area contributed by atoms with Crippen LogP contribution in [0.15, 0.2) is 79.0 Å². The molecule has 17 N–H and O–H groups in total. The summed E-state index contributed by atoms with van der Waals surface area (Å²) in [6.45, 7) is 12.2. The van der Waals surface area contributed by atoms with Gasteiger partial charge in [0.2, 0.25) is 23.6 Å². The minimum atomic E-state index is -1.21. The summed E-state index contributed by atoms with van der Waals surface area (Å²) in [5.74, 6) is -6.40. The maximum Gasteiger partial charge on any atom is 0.326 e. The molecule has 0 aromatic heterocycles. The van der Waals surface area contributed by atoms with Gasteiger partial charge in [-0.3, -0.25) is 48.4 Å². The summed E-state index contributed by atoms with van der Waals surface area (Å²) in [5.41, 5.74) is 11.2. The number of carbonyl (C=O) groups excluding carboxylic acids is 6. The number of benzene rings is 3. The number of hydrazine groups is 2. The zero-order valence-corrected chi connectivity index (χ0v) is 82.7. The number of rotatable bonds is 77. The van der Waals surface area contributed by atoms with Crippen molar-refractivity contribution >= 4 is 123 Å². The highest BCUT2D eigenvalue weighted by Gasteiger charge is 2.27. The molecule has 1 fully saturated rings. The molecule has 0 radical (unpaired) electrons. The molecule has 0 saturated carbocycles. The third kappa shape index (κ3) is 60.5. The van der Waals surface area contributed by atoms with Crippen molar-refractivity contribution in [2.24, 2.45) is 0 Å². The summed E-state index contributed by atoms with van der Waals surface area (Å²) in [7, 11) is 4.06. The topological polar surface area (TPSA) is 551 Å². The second kappa shape index (κ2) is 75.4. The van der Waals surface area contributed by atoms with Crippen LogP contribution in [-0.4, -0.2) is 403 Å². The largest absolute Gasteiger partial charge is 0.481 e. The number of carboxylic acid groups (broad SMARTS) is 5. The molecule has 0 aliphatic carbocycles. The van der Waals surface area contributed by atoms with E-state index >= 15 is 0 Å². The van der Waals surface area contributed by atoms with Gasteiger partial charge in [-0.2, -0.15) is 0 Å². The van der Waals surface area contributed by atoms with Crippen LogP contribution in [0.2, 0.25) is 0 Å². The van der Waals surface area contributed by atoms with Gasteiger partial charge in [0.15, 0.2) is 5.11 Å². The number of halogens is 1. The number of thiocarbonyl (C=S) groups is 1. The van der Waals surface area contributed by atoms with Crippen LogP contribution in [0.4, 0.5) is 21.0 Å². The Morgan fingerprint density at radius 1 is 0.428 bits per heavy atom. The number of anilines is 2. The Hall–Kier alpha value is -9.45. The van der Waals surface area contributed by atoms with Gasteiger partial charge in [0.25, 0.3) is 0 Å². The second-order valence-corrected chi connectivity index (χ2v) is 34.3. The summed E-state index contributed by atoms with van der Waals surface area (Å²) in [5, 5.41) is 77.5. The number of hydrogen-bond donors (Lipinski definition) is 17. The van der Waals surface area contributed by atoms with Gasteiger partial charge < -0.3 is 146 Å². The van der Waals surface area contributed by atoms with Gasteiger partial charge in [0, 0.05) is 137 Å². The molecule has 46 heteroatoms. The monoisotopic (exact) mass is 2080 g/mol. The molecule has 5 rings (SSSR count). The van der Waals surface area contributed by atoms with Crippen LogP contribution in [0.3, 0.4) is 0 Å². The van der Waals surface area contributed by atoms with Crippen LogP contribution < -0.4 is 64.1 Å². The van der Waals surface area contributed by atoms with Gasteiger partial charge in [-0.05, 0) is 180 Å². The summed E-state index contributed by atoms with van der Waals surface area (Å²) in [4.78, 5) is 142. The van der Waals surface area contributed by atoms with E-state index in [1.165, 1.54) is 5.56 Å². The lowest BCUT2D eigenvalue weighted by molar-refractivity contribution is -0.142. The highest BCUT2D eigenvalue weighted by atomic mass is 127. The number of nitrogens with one attached hydrogen (secondary N) is 12. The number of nitrogens with zero attached hydrogens (tertiary/aromatic N) is 5. The maximum absolute atomic E-state index is 13.7. The van der Waals surface area contributed by atoms with Gasteiger partial charge in [0.1, 0.15) is 18.1 Å². The van der Waals surface area contributed by atoms with Crippen molar-refractivity contribution in [3.05, 3.63) is 99.3 Å².